The number of hydrogen-bond donors (Lipinski definition) is 4. The van der Waals surface area contributed by atoms with Crippen LogP contribution in [0.5, 0.6) is 11.5 Å². The van der Waals surface area contributed by atoms with Gasteiger partial charge in [0.2, 0.25) is 0 Å². The topological polar surface area (TPSA) is 102 Å². The molecule has 0 aliphatic heterocycles. The van der Waals surface area contributed by atoms with Crippen LogP contribution in [0, 0.1) is 6.92 Å². The third-order valence-corrected chi connectivity index (χ3v) is 6.48. The average Bonchev–Trinajstić information content (AvgIpc) is 3.32. The molecule has 0 unspecified atom stereocenters. The fraction of sp³-hybridized carbons (Fsp3) is 0.129. The summed E-state index contributed by atoms with van der Waals surface area (Å²) in [4.78, 5) is 7.98. The fourth-order valence-corrected chi connectivity index (χ4v) is 4.23. The number of ether oxygens (including phenoxy) is 1. The van der Waals surface area contributed by atoms with E-state index in [1.807, 2.05) is 72.8 Å². The molecule has 4 aromatic carbocycles. The first-order valence-corrected chi connectivity index (χ1v) is 12.4. The summed E-state index contributed by atoms with van der Waals surface area (Å²) in [5.41, 5.74) is 21.7. The molecule has 6 heteroatoms. The van der Waals surface area contributed by atoms with Crippen molar-refractivity contribution in [2.24, 2.45) is 0 Å². The van der Waals surface area contributed by atoms with Gasteiger partial charge in [0.25, 0.3) is 0 Å². The Balaban J connectivity index is 1.32. The molecule has 0 radical (unpaired) electrons. The highest BCUT2D eigenvalue weighted by Gasteiger charge is 2.10. The summed E-state index contributed by atoms with van der Waals surface area (Å²) in [5, 5.41) is 3.61. The lowest BCUT2D eigenvalue weighted by Gasteiger charge is -2.17. The van der Waals surface area contributed by atoms with Gasteiger partial charge in [-0.15, -0.1) is 0 Å². The lowest BCUT2D eigenvalue weighted by atomic mass is 10.0. The van der Waals surface area contributed by atoms with Gasteiger partial charge >= 0.3 is 0 Å². The molecule has 0 amide bonds. The summed E-state index contributed by atoms with van der Waals surface area (Å²) in [6.45, 7) is 6.37. The van der Waals surface area contributed by atoms with Crippen molar-refractivity contribution >= 4 is 33.8 Å². The number of nitrogens with one attached hydrogen (secondary N) is 2. The van der Waals surface area contributed by atoms with Crippen molar-refractivity contribution in [1.82, 2.24) is 9.97 Å². The highest BCUT2D eigenvalue weighted by Crippen LogP contribution is 2.30. The Morgan fingerprint density at radius 2 is 1.51 bits per heavy atom. The number of H-pyrrole nitrogens is 1. The van der Waals surface area contributed by atoms with Crippen molar-refractivity contribution in [2.45, 2.75) is 27.2 Å². The Morgan fingerprint density at radius 3 is 2.19 bits per heavy atom. The molecule has 0 aliphatic carbocycles. The third kappa shape index (κ3) is 5.28. The number of hydrogen-bond acceptors (Lipinski definition) is 5. The minimum absolute atomic E-state index is 0.709. The van der Waals surface area contributed by atoms with Gasteiger partial charge in [-0.1, -0.05) is 6.92 Å². The van der Waals surface area contributed by atoms with Crippen molar-refractivity contribution in [3.63, 3.8) is 0 Å². The van der Waals surface area contributed by atoms with Gasteiger partial charge in [0.1, 0.15) is 17.3 Å². The normalized spacial score (nSPS) is 11.9. The van der Waals surface area contributed by atoms with E-state index in [1.165, 1.54) is 5.57 Å². The van der Waals surface area contributed by atoms with Crippen LogP contribution in [-0.4, -0.2) is 9.97 Å². The summed E-state index contributed by atoms with van der Waals surface area (Å²) >= 11 is 0. The maximum atomic E-state index is 6.12. The maximum absolute atomic E-state index is 6.12. The molecule has 0 fully saturated rings. The lowest BCUT2D eigenvalue weighted by molar-refractivity contribution is 0.482. The smallest absolute Gasteiger partial charge is 0.138 e. The highest BCUT2D eigenvalue weighted by atomic mass is 16.5. The third-order valence-electron chi connectivity index (χ3n) is 6.48. The van der Waals surface area contributed by atoms with E-state index < -0.39 is 0 Å². The average molecular weight is 490 g/mol. The number of fused-ring (bicyclic) bond motifs is 1. The van der Waals surface area contributed by atoms with Crippen molar-refractivity contribution < 1.29 is 4.74 Å². The van der Waals surface area contributed by atoms with E-state index in [9.17, 15) is 0 Å². The number of nitrogens with zero attached hydrogens (tertiary/aromatic N) is 1. The maximum Gasteiger partial charge on any atom is 0.138 e. The molecule has 0 saturated heterocycles. The number of nitrogen functional groups attached to an aromatic ring is 2. The quantitative estimate of drug-likeness (QED) is 0.175. The number of rotatable bonds is 7. The van der Waals surface area contributed by atoms with Gasteiger partial charge < -0.3 is 26.5 Å². The molecular formula is C31H31N5O. The fourth-order valence-electron chi connectivity index (χ4n) is 4.23. The predicted molar refractivity (Wildman–Crippen MR) is 155 cm³/mol. The molecule has 0 saturated carbocycles. The Hall–Kier alpha value is -4.71. The van der Waals surface area contributed by atoms with E-state index in [0.29, 0.717) is 5.69 Å². The minimum Gasteiger partial charge on any atom is -0.457 e. The van der Waals surface area contributed by atoms with Crippen LogP contribution in [0.2, 0.25) is 0 Å². The summed E-state index contributed by atoms with van der Waals surface area (Å²) < 4.78 is 6.12. The van der Waals surface area contributed by atoms with Crippen molar-refractivity contribution in [3.8, 4) is 22.9 Å². The number of allylic oxidation sites excluding steroid dienone is 1. The highest BCUT2D eigenvalue weighted by molar-refractivity contribution is 5.82. The van der Waals surface area contributed by atoms with E-state index in [4.69, 9.17) is 16.2 Å². The van der Waals surface area contributed by atoms with Crippen LogP contribution in [0.3, 0.4) is 0 Å². The molecule has 0 aliphatic rings. The van der Waals surface area contributed by atoms with Gasteiger partial charge in [0.15, 0.2) is 0 Å². The van der Waals surface area contributed by atoms with E-state index in [0.717, 1.165) is 68.5 Å². The van der Waals surface area contributed by atoms with Crippen LogP contribution in [0.25, 0.3) is 28.1 Å². The van der Waals surface area contributed by atoms with Crippen molar-refractivity contribution in [2.75, 3.05) is 16.8 Å². The number of nitrogens with two attached hydrogens (primary N) is 2. The van der Waals surface area contributed by atoms with Gasteiger partial charge in [-0.25, -0.2) is 4.98 Å². The van der Waals surface area contributed by atoms with Gasteiger partial charge in [0.05, 0.1) is 11.0 Å². The van der Waals surface area contributed by atoms with Crippen molar-refractivity contribution in [3.05, 3.63) is 102 Å². The number of aromatic amines is 1. The number of imidazole rings is 1. The first kappa shape index (κ1) is 24.0. The first-order valence-electron chi connectivity index (χ1n) is 12.4. The molecule has 37 heavy (non-hydrogen) atoms. The van der Waals surface area contributed by atoms with Gasteiger partial charge in [-0.2, -0.15) is 0 Å². The molecule has 5 rings (SSSR count). The van der Waals surface area contributed by atoms with Gasteiger partial charge in [0, 0.05) is 28.3 Å². The Labute approximate surface area is 217 Å². The molecule has 6 N–H and O–H groups in total. The Kier molecular flexibility index (Phi) is 6.56. The predicted octanol–water partition coefficient (Wildman–Crippen LogP) is 7.75. The van der Waals surface area contributed by atoms with Crippen molar-refractivity contribution in [1.29, 1.82) is 0 Å². The molecule has 0 bridgehead atoms. The number of aryl methyl sites for hydroxylation is 1. The molecule has 0 atom stereocenters. The summed E-state index contributed by atoms with van der Waals surface area (Å²) in [7, 11) is 0. The first-order chi connectivity index (χ1) is 17.9. The molecule has 5 aromatic rings. The van der Waals surface area contributed by atoms with E-state index in [-0.39, 0.29) is 0 Å². The summed E-state index contributed by atoms with van der Waals surface area (Å²) in [6, 6.07) is 27.6. The van der Waals surface area contributed by atoms with Crippen LogP contribution in [0.4, 0.5) is 17.1 Å². The lowest BCUT2D eigenvalue weighted by Crippen LogP contribution is -2.03. The van der Waals surface area contributed by atoms with Crippen LogP contribution in [0.1, 0.15) is 31.4 Å². The Bertz CT molecular complexity index is 1580. The summed E-state index contributed by atoms with van der Waals surface area (Å²) in [6.07, 6.45) is 0.944. The molecular weight excluding hydrogens is 458 g/mol. The van der Waals surface area contributed by atoms with Gasteiger partial charge in [-0.05, 0) is 122 Å². The van der Waals surface area contributed by atoms with E-state index in [2.05, 4.69) is 48.2 Å². The second-order valence-electron chi connectivity index (χ2n) is 9.22. The molecule has 1 aromatic heterocycles. The van der Waals surface area contributed by atoms with Gasteiger partial charge in [-0.3, -0.25) is 0 Å². The van der Waals surface area contributed by atoms with Crippen LogP contribution in [-0.2, 0) is 0 Å². The van der Waals surface area contributed by atoms with E-state index >= 15 is 0 Å². The second kappa shape index (κ2) is 10.1. The van der Waals surface area contributed by atoms with Crippen LogP contribution >= 0.6 is 0 Å². The second-order valence-corrected chi connectivity index (χ2v) is 9.22. The number of benzene rings is 4. The monoisotopic (exact) mass is 489 g/mol. The molecule has 1 heterocycles. The molecule has 0 spiro atoms. The van der Waals surface area contributed by atoms with Crippen LogP contribution < -0.4 is 21.5 Å². The molecule has 186 valence electrons. The zero-order valence-corrected chi connectivity index (χ0v) is 21.3. The zero-order chi connectivity index (χ0) is 25.9. The molecule has 6 nitrogen and oxygen atoms in total. The number of anilines is 3. The largest absolute Gasteiger partial charge is 0.457 e. The Morgan fingerprint density at radius 1 is 0.865 bits per heavy atom. The van der Waals surface area contributed by atoms with E-state index in [1.54, 1.807) is 0 Å². The standard InChI is InChI=1S/C31H31N5O/c1-4-19(2)30(34-27-15-9-23(32)17-20(27)3)21-5-11-25(12-6-21)37-26-13-7-22(8-14-26)31-35-28-16-10-24(33)18-29(28)36-31/h5-18,34H,4,32-33H2,1-3H3,(H,35,36)/b30-19+. The summed E-state index contributed by atoms with van der Waals surface area (Å²) in [5.74, 6) is 2.33. The zero-order valence-electron chi connectivity index (χ0n) is 21.3. The minimum atomic E-state index is 0.709. The number of aromatic nitrogens is 2. The SMILES string of the molecule is CC/C(C)=C(/Nc1ccc(N)cc1C)c1ccc(Oc2ccc(-c3nc4ccc(N)cc4[nH]3)cc2)cc1. The van der Waals surface area contributed by atoms with Crippen LogP contribution in [0.15, 0.2) is 90.5 Å².